The van der Waals surface area contributed by atoms with Gasteiger partial charge in [-0.2, -0.15) is 0 Å². The predicted octanol–water partition coefficient (Wildman–Crippen LogP) is -0.290. The van der Waals surface area contributed by atoms with E-state index in [4.69, 9.17) is 5.73 Å². The summed E-state index contributed by atoms with van der Waals surface area (Å²) in [5.74, 6) is 0.0206. The van der Waals surface area contributed by atoms with E-state index in [-0.39, 0.29) is 11.8 Å². The van der Waals surface area contributed by atoms with Crippen molar-refractivity contribution in [1.82, 2.24) is 10.2 Å². The second-order valence-electron chi connectivity index (χ2n) is 3.63. The van der Waals surface area contributed by atoms with E-state index in [0.717, 1.165) is 12.8 Å². The SMILES string of the molecule is CN(C)C(=O)CCNC(=O)CCCCN. The van der Waals surface area contributed by atoms with E-state index in [2.05, 4.69) is 5.32 Å². The molecule has 0 heterocycles. The molecule has 0 aliphatic heterocycles. The van der Waals surface area contributed by atoms with Crippen LogP contribution in [0, 0.1) is 0 Å². The number of carbonyl (C=O) groups excluding carboxylic acids is 2. The minimum Gasteiger partial charge on any atom is -0.356 e. The van der Waals surface area contributed by atoms with Crippen molar-refractivity contribution in [1.29, 1.82) is 0 Å². The van der Waals surface area contributed by atoms with Crippen LogP contribution < -0.4 is 11.1 Å². The van der Waals surface area contributed by atoms with Gasteiger partial charge in [0.1, 0.15) is 0 Å². The van der Waals surface area contributed by atoms with Crippen LogP contribution in [0.2, 0.25) is 0 Å². The molecule has 0 aliphatic rings. The van der Waals surface area contributed by atoms with Crippen LogP contribution in [0.1, 0.15) is 25.7 Å². The Balaban J connectivity index is 3.42. The molecule has 3 N–H and O–H groups in total. The van der Waals surface area contributed by atoms with Crippen molar-refractivity contribution >= 4 is 11.8 Å². The van der Waals surface area contributed by atoms with Crippen LogP contribution in [-0.4, -0.2) is 43.9 Å². The maximum Gasteiger partial charge on any atom is 0.223 e. The zero-order chi connectivity index (χ0) is 11.7. The van der Waals surface area contributed by atoms with Crippen LogP contribution in [0.4, 0.5) is 0 Å². The molecule has 0 fully saturated rings. The van der Waals surface area contributed by atoms with Gasteiger partial charge in [0.25, 0.3) is 0 Å². The van der Waals surface area contributed by atoms with Gasteiger partial charge in [0.15, 0.2) is 0 Å². The maximum atomic E-state index is 11.2. The number of hydrogen-bond donors (Lipinski definition) is 2. The van der Waals surface area contributed by atoms with Crippen LogP contribution in [0.5, 0.6) is 0 Å². The average Bonchev–Trinajstić information content (AvgIpc) is 2.18. The molecule has 0 aromatic carbocycles. The molecule has 15 heavy (non-hydrogen) atoms. The van der Waals surface area contributed by atoms with Crippen LogP contribution in [0.3, 0.4) is 0 Å². The summed E-state index contributed by atoms with van der Waals surface area (Å²) >= 11 is 0. The molecule has 0 spiro atoms. The third kappa shape index (κ3) is 7.93. The topological polar surface area (TPSA) is 75.4 Å². The molecule has 0 saturated heterocycles. The summed E-state index contributed by atoms with van der Waals surface area (Å²) in [6, 6.07) is 0. The first-order chi connectivity index (χ1) is 7.07. The summed E-state index contributed by atoms with van der Waals surface area (Å²) < 4.78 is 0. The van der Waals surface area contributed by atoms with Crippen LogP contribution >= 0.6 is 0 Å². The van der Waals surface area contributed by atoms with Gasteiger partial charge in [-0.05, 0) is 19.4 Å². The maximum absolute atomic E-state index is 11.2. The number of nitrogens with two attached hydrogens (primary N) is 1. The molecule has 0 saturated carbocycles. The Morgan fingerprint density at radius 3 is 2.40 bits per heavy atom. The highest BCUT2D eigenvalue weighted by atomic mass is 16.2. The van der Waals surface area contributed by atoms with Gasteiger partial charge in [-0.15, -0.1) is 0 Å². The van der Waals surface area contributed by atoms with Gasteiger partial charge in [-0.3, -0.25) is 9.59 Å². The lowest BCUT2D eigenvalue weighted by molar-refractivity contribution is -0.128. The number of nitrogens with one attached hydrogen (secondary N) is 1. The molecule has 0 aliphatic carbocycles. The van der Waals surface area contributed by atoms with Gasteiger partial charge in [-0.25, -0.2) is 0 Å². The molecule has 0 radical (unpaired) electrons. The van der Waals surface area contributed by atoms with E-state index in [1.165, 1.54) is 4.90 Å². The molecular weight excluding hydrogens is 194 g/mol. The van der Waals surface area contributed by atoms with Gasteiger partial charge in [0.05, 0.1) is 0 Å². The largest absolute Gasteiger partial charge is 0.356 e. The number of nitrogens with zero attached hydrogens (tertiary/aromatic N) is 1. The normalized spacial score (nSPS) is 9.80. The number of carbonyl (C=O) groups is 2. The van der Waals surface area contributed by atoms with Crippen molar-refractivity contribution in [2.75, 3.05) is 27.2 Å². The lowest BCUT2D eigenvalue weighted by Crippen LogP contribution is -2.30. The van der Waals surface area contributed by atoms with E-state index >= 15 is 0 Å². The fourth-order valence-electron chi connectivity index (χ4n) is 1.05. The Hall–Kier alpha value is -1.10. The van der Waals surface area contributed by atoms with Gasteiger partial charge < -0.3 is 16.0 Å². The molecule has 0 unspecified atom stereocenters. The smallest absolute Gasteiger partial charge is 0.223 e. The standard InChI is InChI=1S/C10H21N3O2/c1-13(2)10(15)6-8-12-9(14)5-3-4-7-11/h3-8,11H2,1-2H3,(H,12,14). The highest BCUT2D eigenvalue weighted by molar-refractivity contribution is 5.78. The summed E-state index contributed by atoms with van der Waals surface area (Å²) in [4.78, 5) is 23.8. The Morgan fingerprint density at radius 1 is 1.20 bits per heavy atom. The molecular formula is C10H21N3O2. The molecule has 5 nitrogen and oxygen atoms in total. The third-order valence-electron chi connectivity index (χ3n) is 2.02. The van der Waals surface area contributed by atoms with E-state index in [0.29, 0.717) is 25.9 Å². The molecule has 0 bridgehead atoms. The van der Waals surface area contributed by atoms with E-state index in [1.54, 1.807) is 14.1 Å². The van der Waals surface area contributed by atoms with E-state index in [9.17, 15) is 9.59 Å². The first kappa shape index (κ1) is 13.9. The fourth-order valence-corrected chi connectivity index (χ4v) is 1.05. The molecule has 0 rings (SSSR count). The number of amides is 2. The quantitative estimate of drug-likeness (QED) is 0.573. The van der Waals surface area contributed by atoms with Crippen molar-refractivity contribution in [2.24, 2.45) is 5.73 Å². The molecule has 2 amide bonds. The van der Waals surface area contributed by atoms with Crippen molar-refractivity contribution in [3.8, 4) is 0 Å². The Morgan fingerprint density at radius 2 is 1.87 bits per heavy atom. The van der Waals surface area contributed by atoms with Crippen molar-refractivity contribution in [3.63, 3.8) is 0 Å². The molecule has 0 aromatic heterocycles. The summed E-state index contributed by atoms with van der Waals surface area (Å²) in [6.45, 7) is 1.03. The number of hydrogen-bond acceptors (Lipinski definition) is 3. The van der Waals surface area contributed by atoms with Crippen molar-refractivity contribution in [2.45, 2.75) is 25.7 Å². The predicted molar refractivity (Wildman–Crippen MR) is 59.2 cm³/mol. The zero-order valence-electron chi connectivity index (χ0n) is 9.58. The monoisotopic (exact) mass is 215 g/mol. The van der Waals surface area contributed by atoms with Crippen molar-refractivity contribution in [3.05, 3.63) is 0 Å². The van der Waals surface area contributed by atoms with Crippen LogP contribution in [0.25, 0.3) is 0 Å². The highest BCUT2D eigenvalue weighted by Crippen LogP contribution is 1.93. The van der Waals surface area contributed by atoms with Gasteiger partial charge >= 0.3 is 0 Å². The third-order valence-corrected chi connectivity index (χ3v) is 2.02. The summed E-state index contributed by atoms with van der Waals surface area (Å²) in [7, 11) is 3.40. The van der Waals surface area contributed by atoms with Gasteiger partial charge in [0, 0.05) is 33.5 Å². The van der Waals surface area contributed by atoms with Gasteiger partial charge in [0.2, 0.25) is 11.8 Å². The van der Waals surface area contributed by atoms with Crippen LogP contribution in [0.15, 0.2) is 0 Å². The van der Waals surface area contributed by atoms with Crippen LogP contribution in [-0.2, 0) is 9.59 Å². The Kier molecular flexibility index (Phi) is 7.62. The number of unbranched alkanes of at least 4 members (excludes halogenated alkanes) is 1. The highest BCUT2D eigenvalue weighted by Gasteiger charge is 2.05. The van der Waals surface area contributed by atoms with Gasteiger partial charge in [-0.1, -0.05) is 0 Å². The second kappa shape index (κ2) is 8.23. The Bertz CT molecular complexity index is 205. The van der Waals surface area contributed by atoms with Crippen molar-refractivity contribution < 1.29 is 9.59 Å². The summed E-state index contributed by atoms with van der Waals surface area (Å²) in [5, 5.41) is 2.70. The molecule has 0 atom stereocenters. The first-order valence-electron chi connectivity index (χ1n) is 5.25. The summed E-state index contributed by atoms with van der Waals surface area (Å²) in [6.07, 6.45) is 2.52. The molecule has 5 heteroatoms. The number of rotatable bonds is 7. The summed E-state index contributed by atoms with van der Waals surface area (Å²) in [5.41, 5.74) is 5.31. The lowest BCUT2D eigenvalue weighted by Gasteiger charge is -2.10. The first-order valence-corrected chi connectivity index (χ1v) is 5.25. The van der Waals surface area contributed by atoms with E-state index < -0.39 is 0 Å². The zero-order valence-corrected chi connectivity index (χ0v) is 9.58. The minimum absolute atomic E-state index is 0.00462. The Labute approximate surface area is 91.0 Å². The minimum atomic E-state index is -0.00462. The molecule has 0 aromatic rings. The van der Waals surface area contributed by atoms with E-state index in [1.807, 2.05) is 0 Å². The fraction of sp³-hybridized carbons (Fsp3) is 0.800. The second-order valence-corrected chi connectivity index (χ2v) is 3.63. The average molecular weight is 215 g/mol. The lowest BCUT2D eigenvalue weighted by atomic mass is 10.2. The molecule has 88 valence electrons.